The monoisotopic (exact) mass is 566 g/mol. The summed E-state index contributed by atoms with van der Waals surface area (Å²) in [6.45, 7) is 23.5. The van der Waals surface area contributed by atoms with Gasteiger partial charge in [-0.25, -0.2) is 0 Å². The van der Waals surface area contributed by atoms with Crippen molar-refractivity contribution in [1.29, 1.82) is 0 Å². The van der Waals surface area contributed by atoms with Crippen LogP contribution in [0.5, 0.6) is 0 Å². The van der Waals surface area contributed by atoms with E-state index >= 15 is 0 Å². The van der Waals surface area contributed by atoms with Crippen LogP contribution in [-0.4, -0.2) is 0 Å². The molecule has 0 aliphatic heterocycles. The van der Waals surface area contributed by atoms with Crippen molar-refractivity contribution in [3.63, 3.8) is 0 Å². The van der Waals surface area contributed by atoms with Crippen LogP contribution in [0, 0.1) is 12.3 Å². The lowest BCUT2D eigenvalue weighted by atomic mass is 9.96. The normalized spacial score (nSPS) is 16.6. The summed E-state index contributed by atoms with van der Waals surface area (Å²) in [5.74, 6) is 2.67. The molecule has 0 saturated heterocycles. The van der Waals surface area contributed by atoms with Gasteiger partial charge in [0, 0.05) is 5.56 Å². The summed E-state index contributed by atoms with van der Waals surface area (Å²) in [5, 5.41) is 0. The summed E-state index contributed by atoms with van der Waals surface area (Å²) >= 11 is 0. The van der Waals surface area contributed by atoms with E-state index in [1.807, 2.05) is 53.7 Å². The highest BCUT2D eigenvalue weighted by Crippen LogP contribution is 2.49. The molecule has 0 N–H and O–H groups in total. The molecule has 0 nitrogen and oxygen atoms in total. The molecule has 3 aliphatic rings. The predicted molar refractivity (Wildman–Crippen MR) is 190 cm³/mol. The lowest BCUT2D eigenvalue weighted by Gasteiger charge is -2.09. The van der Waals surface area contributed by atoms with Crippen molar-refractivity contribution in [2.75, 3.05) is 0 Å². The van der Waals surface area contributed by atoms with Crippen molar-refractivity contribution in [3.05, 3.63) is 106 Å². The average molecular weight is 567 g/mol. The molecule has 0 heteroatoms. The SMILES string of the molecule is C#Cc1cccc(C2(C)CC2)c1.CC.CC.CC.CCc1cccc(C2(C)CC2)c1.CCc1cccc(C2(C)CC2)c1. The Morgan fingerprint density at radius 1 is 0.524 bits per heavy atom. The summed E-state index contributed by atoms with van der Waals surface area (Å²) in [6, 6.07) is 26.4. The van der Waals surface area contributed by atoms with Gasteiger partial charge < -0.3 is 0 Å². The number of benzene rings is 3. The second kappa shape index (κ2) is 18.0. The zero-order valence-corrected chi connectivity index (χ0v) is 29.2. The second-order valence-electron chi connectivity index (χ2n) is 12.0. The van der Waals surface area contributed by atoms with Crippen LogP contribution < -0.4 is 0 Å². The third-order valence-corrected chi connectivity index (χ3v) is 8.79. The van der Waals surface area contributed by atoms with Crippen LogP contribution in [0.2, 0.25) is 0 Å². The lowest BCUT2D eigenvalue weighted by molar-refractivity contribution is 0.785. The van der Waals surface area contributed by atoms with Gasteiger partial charge in [-0.2, -0.15) is 0 Å². The molecule has 0 radical (unpaired) electrons. The fraction of sp³-hybridized carbons (Fsp3) is 0.524. The molecule has 3 aromatic rings. The topological polar surface area (TPSA) is 0 Å². The summed E-state index contributed by atoms with van der Waals surface area (Å²) < 4.78 is 0. The molecular weight excluding hydrogens is 504 g/mol. The molecular formula is C42H62. The molecule has 3 saturated carbocycles. The highest BCUT2D eigenvalue weighted by Gasteiger charge is 2.40. The van der Waals surface area contributed by atoms with E-state index in [-0.39, 0.29) is 0 Å². The van der Waals surface area contributed by atoms with Gasteiger partial charge in [0.05, 0.1) is 0 Å². The first kappa shape index (κ1) is 37.2. The lowest BCUT2D eigenvalue weighted by Crippen LogP contribution is -1.99. The zero-order valence-electron chi connectivity index (χ0n) is 29.2. The molecule has 0 unspecified atom stereocenters. The number of rotatable bonds is 5. The number of aryl methyl sites for hydroxylation is 2. The number of hydrogen-bond acceptors (Lipinski definition) is 0. The van der Waals surface area contributed by atoms with Crippen molar-refractivity contribution >= 4 is 0 Å². The fourth-order valence-electron chi connectivity index (χ4n) is 4.75. The summed E-state index contributed by atoms with van der Waals surface area (Å²) in [5.41, 5.74) is 9.94. The number of terminal acetylenes is 1. The van der Waals surface area contributed by atoms with Crippen LogP contribution in [0.25, 0.3) is 0 Å². The van der Waals surface area contributed by atoms with Crippen LogP contribution in [0.1, 0.15) is 148 Å². The molecule has 0 spiro atoms. The molecule has 230 valence electrons. The second-order valence-corrected chi connectivity index (χ2v) is 12.0. The maximum absolute atomic E-state index is 5.33. The minimum atomic E-state index is 0.437. The van der Waals surface area contributed by atoms with Gasteiger partial charge in [-0.15, -0.1) is 6.42 Å². The minimum Gasteiger partial charge on any atom is -0.115 e. The van der Waals surface area contributed by atoms with Crippen molar-refractivity contribution in [3.8, 4) is 12.3 Å². The maximum atomic E-state index is 5.33. The molecule has 3 fully saturated rings. The van der Waals surface area contributed by atoms with Crippen LogP contribution in [0.3, 0.4) is 0 Å². The van der Waals surface area contributed by atoms with Gasteiger partial charge in [-0.05, 0) is 108 Å². The molecule has 0 aromatic heterocycles. The Morgan fingerprint density at radius 2 is 0.833 bits per heavy atom. The Balaban J connectivity index is 0.000000289. The van der Waals surface area contributed by atoms with Gasteiger partial charge in [0.2, 0.25) is 0 Å². The molecule has 3 aliphatic carbocycles. The smallest absolute Gasteiger partial charge is 0.0245 e. The van der Waals surface area contributed by atoms with E-state index < -0.39 is 0 Å². The van der Waals surface area contributed by atoms with E-state index in [1.165, 1.54) is 55.2 Å². The standard InChI is InChI=1S/2C12H16.C12H12.3C2H6/c3*1-3-10-5-4-6-11(9-10)12(2)7-8-12;3*1-2/h2*4-6,9H,3,7-8H2,1-2H3;1,4-6,9H,7-8H2,2H3;3*1-2H3. The van der Waals surface area contributed by atoms with Crippen molar-refractivity contribution in [2.24, 2.45) is 0 Å². The van der Waals surface area contributed by atoms with E-state index in [0.717, 1.165) is 18.4 Å². The van der Waals surface area contributed by atoms with Gasteiger partial charge in [0.15, 0.2) is 0 Å². The summed E-state index contributed by atoms with van der Waals surface area (Å²) in [4.78, 5) is 0. The van der Waals surface area contributed by atoms with Gasteiger partial charge in [-0.1, -0.05) is 143 Å². The first-order valence-corrected chi connectivity index (χ1v) is 17.0. The molecule has 0 amide bonds. The van der Waals surface area contributed by atoms with Gasteiger partial charge in [-0.3, -0.25) is 0 Å². The minimum absolute atomic E-state index is 0.437. The molecule has 0 bridgehead atoms. The van der Waals surface area contributed by atoms with E-state index in [2.05, 4.69) is 101 Å². The van der Waals surface area contributed by atoms with Crippen molar-refractivity contribution < 1.29 is 0 Å². The van der Waals surface area contributed by atoms with Crippen LogP contribution in [-0.2, 0) is 29.1 Å². The first-order valence-electron chi connectivity index (χ1n) is 17.0. The van der Waals surface area contributed by atoms with Crippen LogP contribution >= 0.6 is 0 Å². The highest BCUT2D eigenvalue weighted by molar-refractivity contribution is 5.40. The molecule has 0 heterocycles. The highest BCUT2D eigenvalue weighted by atomic mass is 14.4. The van der Waals surface area contributed by atoms with Crippen molar-refractivity contribution in [2.45, 2.75) is 144 Å². The molecule has 3 aromatic carbocycles. The Hall–Kier alpha value is -2.78. The zero-order chi connectivity index (χ0) is 31.8. The Morgan fingerprint density at radius 3 is 1.12 bits per heavy atom. The Kier molecular flexibility index (Phi) is 16.0. The van der Waals surface area contributed by atoms with Gasteiger partial charge >= 0.3 is 0 Å². The van der Waals surface area contributed by atoms with E-state index in [4.69, 9.17) is 6.42 Å². The van der Waals surface area contributed by atoms with E-state index in [0.29, 0.717) is 16.2 Å². The molecule has 6 rings (SSSR count). The van der Waals surface area contributed by atoms with E-state index in [9.17, 15) is 0 Å². The molecule has 0 atom stereocenters. The summed E-state index contributed by atoms with van der Waals surface area (Å²) in [7, 11) is 0. The first-order chi connectivity index (χ1) is 20.2. The Bertz CT molecular complexity index is 1150. The van der Waals surface area contributed by atoms with Gasteiger partial charge in [0.25, 0.3) is 0 Å². The van der Waals surface area contributed by atoms with E-state index in [1.54, 1.807) is 11.1 Å². The predicted octanol–water partition coefficient (Wildman–Crippen LogP) is 12.4. The number of hydrogen-bond donors (Lipinski definition) is 0. The van der Waals surface area contributed by atoms with Gasteiger partial charge in [0.1, 0.15) is 0 Å². The third-order valence-electron chi connectivity index (χ3n) is 8.79. The summed E-state index contributed by atoms with van der Waals surface area (Å²) in [6.07, 6.45) is 15.8. The maximum Gasteiger partial charge on any atom is 0.0245 e. The third kappa shape index (κ3) is 11.1. The Labute approximate surface area is 261 Å². The van der Waals surface area contributed by atoms with Crippen molar-refractivity contribution in [1.82, 2.24) is 0 Å². The quantitative estimate of drug-likeness (QED) is 0.269. The molecule has 42 heavy (non-hydrogen) atoms. The largest absolute Gasteiger partial charge is 0.115 e. The van der Waals surface area contributed by atoms with Crippen LogP contribution in [0.4, 0.5) is 0 Å². The fourth-order valence-corrected chi connectivity index (χ4v) is 4.75. The average Bonchev–Trinajstić information content (AvgIpc) is 4.01. The van der Waals surface area contributed by atoms with Crippen LogP contribution in [0.15, 0.2) is 72.8 Å².